The van der Waals surface area contributed by atoms with Crippen molar-refractivity contribution in [3.63, 3.8) is 0 Å². The van der Waals surface area contributed by atoms with E-state index >= 15 is 0 Å². The Morgan fingerprint density at radius 1 is 1.58 bits per heavy atom. The molecule has 1 heterocycles. The molecule has 0 aliphatic carbocycles. The second kappa shape index (κ2) is 5.99. The van der Waals surface area contributed by atoms with Gasteiger partial charge in [0.1, 0.15) is 5.82 Å². The third-order valence-electron chi connectivity index (χ3n) is 2.38. The third-order valence-corrected chi connectivity index (χ3v) is 2.38. The Morgan fingerprint density at radius 3 is 3.05 bits per heavy atom. The van der Waals surface area contributed by atoms with Gasteiger partial charge in [0.25, 0.3) is 5.91 Å². The highest BCUT2D eigenvalue weighted by Crippen LogP contribution is 2.14. The first-order valence-corrected chi connectivity index (χ1v) is 5.78. The van der Waals surface area contributed by atoms with Crippen molar-refractivity contribution >= 4 is 17.9 Å². The minimum Gasteiger partial charge on any atom is -0.501 e. The van der Waals surface area contributed by atoms with Gasteiger partial charge in [-0.05, 0) is 25.1 Å². The standard InChI is InChI=1S/C13H13FN2O3/c1-2-18-6-5-9-3-4-10(7-11(9)14)13-16-15-12(17)8-19-13/h3-7H,2,8H2,1H3,(H,15,17)/b6-5+. The summed E-state index contributed by atoms with van der Waals surface area (Å²) >= 11 is 0. The minimum atomic E-state index is -0.420. The first kappa shape index (κ1) is 13.1. The zero-order valence-corrected chi connectivity index (χ0v) is 10.4. The molecule has 0 saturated carbocycles. The quantitative estimate of drug-likeness (QED) is 0.841. The molecule has 6 heteroatoms. The lowest BCUT2D eigenvalue weighted by Gasteiger charge is -2.13. The van der Waals surface area contributed by atoms with Crippen molar-refractivity contribution in [2.24, 2.45) is 5.10 Å². The number of halogens is 1. The molecule has 100 valence electrons. The highest BCUT2D eigenvalue weighted by atomic mass is 19.1. The van der Waals surface area contributed by atoms with E-state index in [0.29, 0.717) is 17.7 Å². The number of nitrogens with zero attached hydrogens (tertiary/aromatic N) is 1. The van der Waals surface area contributed by atoms with Crippen LogP contribution in [0.15, 0.2) is 29.6 Å². The van der Waals surface area contributed by atoms with Crippen LogP contribution in [0.1, 0.15) is 18.1 Å². The van der Waals surface area contributed by atoms with Crippen molar-refractivity contribution in [2.75, 3.05) is 13.2 Å². The largest absolute Gasteiger partial charge is 0.501 e. The van der Waals surface area contributed by atoms with Crippen molar-refractivity contribution in [2.45, 2.75) is 6.92 Å². The van der Waals surface area contributed by atoms with Gasteiger partial charge in [-0.1, -0.05) is 6.07 Å². The van der Waals surface area contributed by atoms with E-state index in [1.54, 1.807) is 12.1 Å². The molecule has 0 saturated heterocycles. The first-order valence-electron chi connectivity index (χ1n) is 5.78. The van der Waals surface area contributed by atoms with Gasteiger partial charge in [0.2, 0.25) is 5.90 Å². The summed E-state index contributed by atoms with van der Waals surface area (Å²) in [7, 11) is 0. The number of rotatable bonds is 4. The fraction of sp³-hybridized carbons (Fsp3) is 0.231. The lowest BCUT2D eigenvalue weighted by molar-refractivity contribution is -0.124. The lowest BCUT2D eigenvalue weighted by atomic mass is 10.1. The Kier molecular flexibility index (Phi) is 4.12. The van der Waals surface area contributed by atoms with Gasteiger partial charge in [-0.3, -0.25) is 4.79 Å². The molecule has 1 aliphatic heterocycles. The Morgan fingerprint density at radius 2 is 2.42 bits per heavy atom. The summed E-state index contributed by atoms with van der Waals surface area (Å²) in [4.78, 5) is 10.9. The van der Waals surface area contributed by atoms with Gasteiger partial charge in [0.15, 0.2) is 6.61 Å². The van der Waals surface area contributed by atoms with Gasteiger partial charge in [-0.25, -0.2) is 9.82 Å². The van der Waals surface area contributed by atoms with Gasteiger partial charge in [-0.2, -0.15) is 0 Å². The van der Waals surface area contributed by atoms with Crippen LogP contribution in [-0.2, 0) is 14.3 Å². The number of carbonyl (C=O) groups is 1. The molecule has 0 radical (unpaired) electrons. The van der Waals surface area contributed by atoms with E-state index in [4.69, 9.17) is 9.47 Å². The van der Waals surface area contributed by atoms with E-state index in [-0.39, 0.29) is 18.4 Å². The van der Waals surface area contributed by atoms with E-state index in [2.05, 4.69) is 10.5 Å². The van der Waals surface area contributed by atoms with Crippen LogP contribution in [0, 0.1) is 5.82 Å². The van der Waals surface area contributed by atoms with Crippen LogP contribution in [0.25, 0.3) is 6.08 Å². The second-order valence-electron chi connectivity index (χ2n) is 3.73. The van der Waals surface area contributed by atoms with Crippen LogP contribution < -0.4 is 5.43 Å². The van der Waals surface area contributed by atoms with Crippen molar-refractivity contribution in [3.05, 3.63) is 41.4 Å². The van der Waals surface area contributed by atoms with Crippen LogP contribution in [-0.4, -0.2) is 25.0 Å². The zero-order chi connectivity index (χ0) is 13.7. The summed E-state index contributed by atoms with van der Waals surface area (Å²) in [5.74, 6) is -0.559. The molecule has 0 atom stereocenters. The molecule has 19 heavy (non-hydrogen) atoms. The zero-order valence-electron chi connectivity index (χ0n) is 10.4. The van der Waals surface area contributed by atoms with Crippen molar-refractivity contribution in [3.8, 4) is 0 Å². The molecule has 1 aromatic rings. The fourth-order valence-electron chi connectivity index (χ4n) is 1.47. The molecule has 0 spiro atoms. The monoisotopic (exact) mass is 264 g/mol. The minimum absolute atomic E-state index is 0.119. The molecule has 0 fully saturated rings. The molecule has 1 amide bonds. The van der Waals surface area contributed by atoms with E-state index in [0.717, 1.165) is 0 Å². The molecular formula is C13H13FN2O3. The Balaban J connectivity index is 2.17. The van der Waals surface area contributed by atoms with Gasteiger partial charge in [0, 0.05) is 11.1 Å². The lowest BCUT2D eigenvalue weighted by Crippen LogP contribution is -2.32. The summed E-state index contributed by atoms with van der Waals surface area (Å²) in [6.07, 6.45) is 2.97. The van der Waals surface area contributed by atoms with Crippen molar-refractivity contribution in [1.29, 1.82) is 0 Å². The third kappa shape index (κ3) is 3.31. The van der Waals surface area contributed by atoms with Gasteiger partial charge in [-0.15, -0.1) is 5.10 Å². The Bertz CT molecular complexity index is 541. The number of ether oxygens (including phenoxy) is 2. The molecule has 0 aromatic heterocycles. The van der Waals surface area contributed by atoms with Crippen molar-refractivity contribution < 1.29 is 18.7 Å². The first-order chi connectivity index (χ1) is 9.20. The molecule has 0 bridgehead atoms. The summed E-state index contributed by atoms with van der Waals surface area (Å²) < 4.78 is 23.9. The van der Waals surface area contributed by atoms with Crippen LogP contribution in [0.3, 0.4) is 0 Å². The predicted molar refractivity (Wildman–Crippen MR) is 67.7 cm³/mol. The smallest absolute Gasteiger partial charge is 0.278 e. The van der Waals surface area contributed by atoms with Crippen molar-refractivity contribution in [1.82, 2.24) is 5.43 Å². The maximum Gasteiger partial charge on any atom is 0.278 e. The number of hydrazone groups is 1. The maximum atomic E-state index is 13.8. The number of carbonyl (C=O) groups excluding carboxylic acids is 1. The topological polar surface area (TPSA) is 59.9 Å². The number of nitrogens with one attached hydrogen (secondary N) is 1. The molecule has 1 N–H and O–H groups in total. The number of hydrogen-bond acceptors (Lipinski definition) is 4. The van der Waals surface area contributed by atoms with Crippen LogP contribution in [0.5, 0.6) is 0 Å². The van der Waals surface area contributed by atoms with Gasteiger partial charge in [0.05, 0.1) is 12.9 Å². The molecule has 1 aromatic carbocycles. The highest BCUT2D eigenvalue weighted by molar-refractivity contribution is 5.98. The maximum absolute atomic E-state index is 13.8. The summed E-state index contributed by atoms with van der Waals surface area (Å²) in [6.45, 7) is 2.25. The number of amides is 1. The summed E-state index contributed by atoms with van der Waals surface area (Å²) in [6, 6.07) is 4.54. The number of hydrogen-bond donors (Lipinski definition) is 1. The Hall–Kier alpha value is -2.37. The average Bonchev–Trinajstić information content (AvgIpc) is 2.42. The van der Waals surface area contributed by atoms with E-state index in [1.165, 1.54) is 18.4 Å². The molecule has 5 nitrogen and oxygen atoms in total. The van der Waals surface area contributed by atoms with E-state index in [9.17, 15) is 9.18 Å². The molecule has 1 aliphatic rings. The molecule has 2 rings (SSSR count). The van der Waals surface area contributed by atoms with Crippen LogP contribution in [0.4, 0.5) is 4.39 Å². The SMILES string of the molecule is CCO/C=C/c1ccc(C2=NNC(=O)CO2)cc1F. The van der Waals surface area contributed by atoms with Gasteiger partial charge >= 0.3 is 0 Å². The van der Waals surface area contributed by atoms with E-state index < -0.39 is 5.82 Å². The highest BCUT2D eigenvalue weighted by Gasteiger charge is 2.15. The van der Waals surface area contributed by atoms with Crippen LogP contribution in [0.2, 0.25) is 0 Å². The summed E-state index contributed by atoms with van der Waals surface area (Å²) in [5.41, 5.74) is 3.14. The van der Waals surface area contributed by atoms with Gasteiger partial charge < -0.3 is 9.47 Å². The average molecular weight is 264 g/mol. The fourth-order valence-corrected chi connectivity index (χ4v) is 1.47. The van der Waals surface area contributed by atoms with Crippen LogP contribution >= 0.6 is 0 Å². The summed E-state index contributed by atoms with van der Waals surface area (Å²) in [5, 5.41) is 3.71. The van der Waals surface area contributed by atoms with E-state index in [1.807, 2.05) is 6.92 Å². The predicted octanol–water partition coefficient (Wildman–Crippen LogP) is 1.64. The Labute approximate surface area is 109 Å². The molecule has 0 unspecified atom stereocenters. The normalized spacial score (nSPS) is 14.8. The second-order valence-corrected chi connectivity index (χ2v) is 3.73. The number of benzene rings is 1. The molecular weight excluding hydrogens is 251 g/mol.